The van der Waals surface area contributed by atoms with Gasteiger partial charge in [-0.2, -0.15) is 10.6 Å². The zero-order chi connectivity index (χ0) is 27.2. The Morgan fingerprint density at radius 2 is 1.89 bits per heavy atom. The minimum Gasteiger partial charge on any atom is -0.404 e. The number of alkyl halides is 3. The number of hydrogen-bond donors (Lipinski definition) is 4. The molecule has 0 aliphatic carbocycles. The first-order valence-corrected chi connectivity index (χ1v) is 13.0. The molecule has 1 saturated heterocycles. The topological polar surface area (TPSA) is 133 Å². The van der Waals surface area contributed by atoms with Crippen LogP contribution in [0.25, 0.3) is 0 Å². The molecule has 202 valence electrons. The third-order valence-electron chi connectivity index (χ3n) is 6.74. The SMILES string of the molecule is CN1CCC2(CC1)C(N)=N[C@](C)(c1cc(NC(=O)c3ccc(OC(F)(F)F)cn3)ccc1F)CS2(O)O. The fraction of sp³-hybridized carbons (Fsp3) is 0.435. The van der Waals surface area contributed by atoms with E-state index in [9.17, 15) is 27.1 Å². The molecule has 3 heterocycles. The number of pyridine rings is 1. The largest absolute Gasteiger partial charge is 0.573 e. The van der Waals surface area contributed by atoms with Crippen LogP contribution in [0.4, 0.5) is 23.2 Å². The summed E-state index contributed by atoms with van der Waals surface area (Å²) in [6.45, 7) is 2.76. The molecule has 1 spiro atoms. The number of aliphatic imine (C=N–C) groups is 1. The van der Waals surface area contributed by atoms with Crippen molar-refractivity contribution < 1.29 is 36.2 Å². The van der Waals surface area contributed by atoms with Gasteiger partial charge in [0.25, 0.3) is 5.91 Å². The zero-order valence-electron chi connectivity index (χ0n) is 20.0. The molecule has 37 heavy (non-hydrogen) atoms. The van der Waals surface area contributed by atoms with Crippen molar-refractivity contribution in [2.24, 2.45) is 10.7 Å². The third kappa shape index (κ3) is 5.37. The molecule has 5 N–H and O–H groups in total. The van der Waals surface area contributed by atoms with Crippen LogP contribution in [0.5, 0.6) is 5.75 Å². The first-order valence-electron chi connectivity index (χ1n) is 11.3. The number of hydrogen-bond acceptors (Lipinski definition) is 8. The Hall–Kier alpha value is -2.94. The number of likely N-dealkylation sites (tertiary alicyclic amines) is 1. The van der Waals surface area contributed by atoms with Crippen LogP contribution in [-0.2, 0) is 5.54 Å². The summed E-state index contributed by atoms with van der Waals surface area (Å²) in [5, 5.41) is 2.51. The van der Waals surface area contributed by atoms with E-state index in [-0.39, 0.29) is 28.5 Å². The summed E-state index contributed by atoms with van der Waals surface area (Å²) in [7, 11) is -1.40. The van der Waals surface area contributed by atoms with Crippen LogP contribution in [0.2, 0.25) is 0 Å². The van der Waals surface area contributed by atoms with Crippen molar-refractivity contribution in [3.63, 3.8) is 0 Å². The molecule has 0 unspecified atom stereocenters. The van der Waals surface area contributed by atoms with Gasteiger partial charge in [0.15, 0.2) is 0 Å². The number of anilines is 1. The van der Waals surface area contributed by atoms with Gasteiger partial charge < -0.3 is 20.7 Å². The second-order valence-corrected chi connectivity index (χ2v) is 11.9. The van der Waals surface area contributed by atoms with E-state index in [0.717, 1.165) is 24.4 Å². The molecule has 1 aromatic heterocycles. The minimum atomic E-state index is -4.90. The number of piperidine rings is 1. The number of aromatic nitrogens is 1. The molecule has 1 amide bonds. The zero-order valence-corrected chi connectivity index (χ0v) is 20.9. The number of nitrogens with two attached hydrogens (primary N) is 1. The number of ether oxygens (including phenoxy) is 1. The lowest BCUT2D eigenvalue weighted by atomic mass is 9.90. The van der Waals surface area contributed by atoms with Gasteiger partial charge in [0, 0.05) is 24.3 Å². The smallest absolute Gasteiger partial charge is 0.404 e. The van der Waals surface area contributed by atoms with Gasteiger partial charge in [-0.3, -0.25) is 18.9 Å². The minimum absolute atomic E-state index is 0.00196. The number of nitrogens with one attached hydrogen (secondary N) is 1. The third-order valence-corrected chi connectivity index (χ3v) is 9.58. The maximum Gasteiger partial charge on any atom is 0.573 e. The Bertz CT molecular complexity index is 1220. The van der Waals surface area contributed by atoms with Crippen LogP contribution >= 0.6 is 10.6 Å². The Morgan fingerprint density at radius 3 is 2.46 bits per heavy atom. The van der Waals surface area contributed by atoms with Crippen molar-refractivity contribution in [1.82, 2.24) is 9.88 Å². The maximum atomic E-state index is 15.0. The molecule has 0 saturated carbocycles. The van der Waals surface area contributed by atoms with E-state index in [0.29, 0.717) is 25.9 Å². The number of carbonyl (C=O) groups is 1. The molecule has 1 atom stereocenters. The maximum absolute atomic E-state index is 15.0. The molecule has 2 aromatic rings. The molecule has 14 heteroatoms. The standard InChI is InChI=1S/C23H27F4N5O4S/c1-21(13-37(34,35)22(20(28)31-21)7-9-32(2)10-8-22)16-11-14(3-5-17(16)24)30-19(33)18-6-4-15(12-29-18)36-23(25,26)27/h3-6,11-12,34-35H,7-10,13H2,1-2H3,(H2,28,31)(H,30,33)/t21-/m0/s1. The van der Waals surface area contributed by atoms with Crippen LogP contribution in [-0.4, -0.2) is 67.7 Å². The van der Waals surface area contributed by atoms with Crippen molar-refractivity contribution in [3.05, 3.63) is 53.6 Å². The Morgan fingerprint density at radius 1 is 1.22 bits per heavy atom. The van der Waals surface area contributed by atoms with Gasteiger partial charge in [-0.1, -0.05) is 0 Å². The average molecular weight is 546 g/mol. The fourth-order valence-corrected chi connectivity index (χ4v) is 7.21. The quantitative estimate of drug-likeness (QED) is 0.424. The second-order valence-electron chi connectivity index (χ2n) is 9.46. The van der Waals surface area contributed by atoms with E-state index in [4.69, 9.17) is 5.73 Å². The number of halogens is 4. The number of carbonyl (C=O) groups excluding carboxylic acids is 1. The van der Waals surface area contributed by atoms with Gasteiger partial charge in [-0.05, 0) is 57.1 Å². The lowest BCUT2D eigenvalue weighted by Crippen LogP contribution is -2.59. The number of amidine groups is 1. The molecule has 1 fully saturated rings. The van der Waals surface area contributed by atoms with Crippen LogP contribution in [0.15, 0.2) is 41.5 Å². The molecular formula is C23H27F4N5O4S. The normalized spacial score (nSPS) is 24.3. The summed E-state index contributed by atoms with van der Waals surface area (Å²) in [6.07, 6.45) is -3.32. The van der Waals surface area contributed by atoms with Gasteiger partial charge in [-0.25, -0.2) is 9.37 Å². The Balaban J connectivity index is 1.59. The summed E-state index contributed by atoms with van der Waals surface area (Å²) < 4.78 is 77.1. The van der Waals surface area contributed by atoms with Gasteiger partial charge in [0.2, 0.25) is 0 Å². The van der Waals surface area contributed by atoms with E-state index < -0.39 is 44.7 Å². The molecule has 2 aliphatic heterocycles. The molecule has 4 rings (SSSR count). The summed E-state index contributed by atoms with van der Waals surface area (Å²) in [5.41, 5.74) is 4.84. The van der Waals surface area contributed by atoms with Crippen molar-refractivity contribution in [2.45, 2.75) is 36.4 Å². The first-order chi connectivity index (χ1) is 17.1. The van der Waals surface area contributed by atoms with E-state index in [1.54, 1.807) is 6.92 Å². The van der Waals surface area contributed by atoms with Gasteiger partial charge in [0.05, 0.1) is 11.9 Å². The molecule has 0 bridgehead atoms. The Labute approximate surface area is 212 Å². The van der Waals surface area contributed by atoms with E-state index in [1.807, 2.05) is 7.05 Å². The van der Waals surface area contributed by atoms with Crippen LogP contribution in [0, 0.1) is 5.82 Å². The van der Waals surface area contributed by atoms with Crippen LogP contribution in [0.1, 0.15) is 35.8 Å². The molecule has 2 aliphatic rings. The van der Waals surface area contributed by atoms with Crippen LogP contribution in [0.3, 0.4) is 0 Å². The number of nitrogens with zero attached hydrogens (tertiary/aromatic N) is 3. The highest BCUT2D eigenvalue weighted by molar-refractivity contribution is 8.26. The fourth-order valence-electron chi connectivity index (χ4n) is 4.72. The van der Waals surface area contributed by atoms with E-state index >= 15 is 4.39 Å². The van der Waals surface area contributed by atoms with Crippen molar-refractivity contribution >= 4 is 28.0 Å². The van der Waals surface area contributed by atoms with E-state index in [2.05, 4.69) is 24.9 Å². The summed E-state index contributed by atoms with van der Waals surface area (Å²) in [6, 6.07) is 5.68. The highest BCUT2D eigenvalue weighted by atomic mass is 32.3. The second kappa shape index (κ2) is 9.42. The van der Waals surface area contributed by atoms with Crippen LogP contribution < -0.4 is 15.8 Å². The predicted molar refractivity (Wildman–Crippen MR) is 131 cm³/mol. The monoisotopic (exact) mass is 545 g/mol. The lowest BCUT2D eigenvalue weighted by Gasteiger charge is -2.58. The van der Waals surface area contributed by atoms with Crippen molar-refractivity contribution in [1.29, 1.82) is 0 Å². The van der Waals surface area contributed by atoms with Gasteiger partial charge >= 0.3 is 6.36 Å². The number of amides is 1. The molecular weight excluding hydrogens is 518 g/mol. The average Bonchev–Trinajstić information content (AvgIpc) is 2.79. The molecule has 9 nitrogen and oxygen atoms in total. The lowest BCUT2D eigenvalue weighted by molar-refractivity contribution is -0.274. The Kier molecular flexibility index (Phi) is 6.90. The highest BCUT2D eigenvalue weighted by Gasteiger charge is 2.55. The highest BCUT2D eigenvalue weighted by Crippen LogP contribution is 2.63. The van der Waals surface area contributed by atoms with Crippen molar-refractivity contribution in [2.75, 3.05) is 31.2 Å². The summed E-state index contributed by atoms with van der Waals surface area (Å²) >= 11 is 0. The van der Waals surface area contributed by atoms with Gasteiger partial charge in [-0.15, -0.1) is 13.2 Å². The summed E-state index contributed by atoms with van der Waals surface area (Å²) in [5.74, 6) is -2.22. The number of rotatable bonds is 4. The number of benzene rings is 1. The predicted octanol–water partition coefficient (Wildman–Crippen LogP) is 4.17. The van der Waals surface area contributed by atoms with E-state index in [1.165, 1.54) is 12.1 Å². The molecule has 1 aromatic carbocycles. The van der Waals surface area contributed by atoms with Crippen molar-refractivity contribution in [3.8, 4) is 5.75 Å². The first kappa shape index (κ1) is 27.1. The summed E-state index contributed by atoms with van der Waals surface area (Å²) in [4.78, 5) is 22.9. The molecule has 0 radical (unpaired) electrons. The van der Waals surface area contributed by atoms with Gasteiger partial charge in [0.1, 0.15) is 33.4 Å².